The number of rotatable bonds is 16. The Bertz CT molecular complexity index is 1070. The number of benzene rings is 3. The maximum absolute atomic E-state index is 9.10. The van der Waals surface area contributed by atoms with E-state index in [1.807, 2.05) is 42.5 Å². The number of hydrogen-bond acceptors (Lipinski definition) is 6. The lowest BCUT2D eigenvalue weighted by Gasteiger charge is -2.19. The van der Waals surface area contributed by atoms with Gasteiger partial charge >= 0.3 is 0 Å². The second-order valence-electron chi connectivity index (χ2n) is 12.2. The molecule has 3 rings (SSSR count). The van der Waals surface area contributed by atoms with Gasteiger partial charge in [-0.3, -0.25) is 0 Å². The Balaban J connectivity index is 1.44. The molecule has 0 saturated carbocycles. The molecule has 6 nitrogen and oxygen atoms in total. The normalized spacial score (nSPS) is 11.7. The van der Waals surface area contributed by atoms with Crippen molar-refractivity contribution in [3.8, 4) is 28.7 Å². The maximum atomic E-state index is 9.10. The Hall–Kier alpha value is -3.38. The van der Waals surface area contributed by atoms with E-state index in [4.69, 9.17) is 28.8 Å². The highest BCUT2D eigenvalue weighted by Gasteiger charge is 2.14. The second-order valence-corrected chi connectivity index (χ2v) is 12.2. The van der Waals surface area contributed by atoms with Gasteiger partial charge in [-0.25, -0.2) is 0 Å². The molecule has 0 heterocycles. The van der Waals surface area contributed by atoms with E-state index >= 15 is 0 Å². The van der Waals surface area contributed by atoms with E-state index < -0.39 is 0 Å². The monoisotopic (exact) mass is 564 g/mol. The molecule has 1 N–H and O–H groups in total. The Morgan fingerprint density at radius 3 is 1.02 bits per heavy atom. The first kappa shape index (κ1) is 32.1. The summed E-state index contributed by atoms with van der Waals surface area (Å²) < 4.78 is 29.6. The van der Waals surface area contributed by atoms with Gasteiger partial charge in [0.25, 0.3) is 0 Å². The molecular formula is C35H48O6. The average Bonchev–Trinajstić information content (AvgIpc) is 2.92. The van der Waals surface area contributed by atoms with Crippen LogP contribution in [-0.2, 0) is 10.8 Å². The van der Waals surface area contributed by atoms with E-state index in [-0.39, 0.29) is 17.4 Å². The molecule has 0 unspecified atom stereocenters. The fraction of sp³-hybridized carbons (Fsp3) is 0.486. The molecule has 0 radical (unpaired) electrons. The zero-order valence-electron chi connectivity index (χ0n) is 25.7. The van der Waals surface area contributed by atoms with Crippen molar-refractivity contribution in [3.63, 3.8) is 0 Å². The quantitative estimate of drug-likeness (QED) is 0.180. The van der Waals surface area contributed by atoms with E-state index in [2.05, 4.69) is 65.8 Å². The van der Waals surface area contributed by atoms with Gasteiger partial charge in [0.2, 0.25) is 0 Å². The number of hydrogen-bond donors (Lipinski definition) is 1. The van der Waals surface area contributed by atoms with Crippen LogP contribution in [0.5, 0.6) is 28.7 Å². The molecule has 0 aromatic heterocycles. The van der Waals surface area contributed by atoms with E-state index in [9.17, 15) is 0 Å². The first-order chi connectivity index (χ1) is 19.5. The van der Waals surface area contributed by atoms with Gasteiger partial charge in [0.15, 0.2) is 0 Å². The molecule has 0 aliphatic carbocycles. The van der Waals surface area contributed by atoms with Gasteiger partial charge in [0.05, 0.1) is 33.0 Å². The van der Waals surface area contributed by atoms with Crippen LogP contribution in [0.3, 0.4) is 0 Å². The molecule has 41 heavy (non-hydrogen) atoms. The smallest absolute Gasteiger partial charge is 0.126 e. The van der Waals surface area contributed by atoms with Gasteiger partial charge in [-0.2, -0.15) is 0 Å². The van der Waals surface area contributed by atoms with Crippen molar-refractivity contribution in [2.24, 2.45) is 0 Å². The molecule has 6 heteroatoms. The van der Waals surface area contributed by atoms with E-state index in [1.54, 1.807) is 0 Å². The van der Waals surface area contributed by atoms with Crippen molar-refractivity contribution in [2.75, 3.05) is 39.6 Å². The van der Waals surface area contributed by atoms with Crippen molar-refractivity contribution in [3.05, 3.63) is 77.9 Å². The Morgan fingerprint density at radius 2 is 0.732 bits per heavy atom. The SMILES string of the molecule is CC(C)(C)c1ccc(OCCCOc2cc(OCCCO)cc(OCCCOc3ccc(C(C)(C)C)cc3)c2)cc1. The highest BCUT2D eigenvalue weighted by Crippen LogP contribution is 2.29. The molecule has 224 valence electrons. The summed E-state index contributed by atoms with van der Waals surface area (Å²) in [5.41, 5.74) is 2.81. The van der Waals surface area contributed by atoms with Crippen LogP contribution in [0.15, 0.2) is 66.7 Å². The topological polar surface area (TPSA) is 66.4 Å². The summed E-state index contributed by atoms with van der Waals surface area (Å²) >= 11 is 0. The van der Waals surface area contributed by atoms with Crippen LogP contribution in [0.4, 0.5) is 0 Å². The maximum Gasteiger partial charge on any atom is 0.126 e. The minimum absolute atomic E-state index is 0.0808. The highest BCUT2D eigenvalue weighted by molar-refractivity contribution is 5.42. The van der Waals surface area contributed by atoms with Crippen molar-refractivity contribution < 1.29 is 28.8 Å². The first-order valence-corrected chi connectivity index (χ1v) is 14.7. The van der Waals surface area contributed by atoms with Gasteiger partial charge in [-0.1, -0.05) is 65.8 Å². The lowest BCUT2D eigenvalue weighted by molar-refractivity contribution is 0.227. The van der Waals surface area contributed by atoms with Gasteiger partial charge in [0, 0.05) is 44.1 Å². The van der Waals surface area contributed by atoms with Crippen molar-refractivity contribution in [1.29, 1.82) is 0 Å². The molecule has 0 amide bonds. The van der Waals surface area contributed by atoms with Crippen molar-refractivity contribution in [1.82, 2.24) is 0 Å². The van der Waals surface area contributed by atoms with Crippen molar-refractivity contribution in [2.45, 2.75) is 71.6 Å². The molecule has 0 atom stereocenters. The third kappa shape index (κ3) is 11.6. The average molecular weight is 565 g/mol. The fourth-order valence-electron chi connectivity index (χ4n) is 4.03. The largest absolute Gasteiger partial charge is 0.493 e. The molecule has 0 aliphatic heterocycles. The third-order valence-electron chi connectivity index (χ3n) is 6.52. The summed E-state index contributed by atoms with van der Waals surface area (Å²) in [7, 11) is 0. The fourth-order valence-corrected chi connectivity index (χ4v) is 4.03. The van der Waals surface area contributed by atoms with Crippen LogP contribution in [0, 0.1) is 0 Å². The zero-order valence-corrected chi connectivity index (χ0v) is 25.7. The van der Waals surface area contributed by atoms with Gasteiger partial charge in [-0.15, -0.1) is 0 Å². The first-order valence-electron chi connectivity index (χ1n) is 14.7. The minimum Gasteiger partial charge on any atom is -0.493 e. The minimum atomic E-state index is 0.0808. The van der Waals surface area contributed by atoms with E-state index in [0.29, 0.717) is 56.7 Å². The predicted octanol–water partition coefficient (Wildman–Crippen LogP) is 7.74. The second kappa shape index (κ2) is 15.6. The Labute approximate surface area is 246 Å². The zero-order chi connectivity index (χ0) is 29.7. The molecule has 3 aromatic rings. The molecule has 0 bridgehead atoms. The lowest BCUT2D eigenvalue weighted by atomic mass is 9.87. The van der Waals surface area contributed by atoms with Gasteiger partial charge < -0.3 is 28.8 Å². The van der Waals surface area contributed by atoms with Crippen LogP contribution in [-0.4, -0.2) is 44.7 Å². The van der Waals surface area contributed by atoms with Gasteiger partial charge in [0.1, 0.15) is 28.7 Å². The van der Waals surface area contributed by atoms with Crippen LogP contribution < -0.4 is 23.7 Å². The summed E-state index contributed by atoms with van der Waals surface area (Å²) in [5.74, 6) is 3.71. The molecule has 0 spiro atoms. The van der Waals surface area contributed by atoms with Crippen molar-refractivity contribution >= 4 is 0 Å². The number of aliphatic hydroxyl groups excluding tert-OH is 1. The Morgan fingerprint density at radius 1 is 0.439 bits per heavy atom. The summed E-state index contributed by atoms with van der Waals surface area (Å²) in [5, 5.41) is 9.10. The highest BCUT2D eigenvalue weighted by atomic mass is 16.5. The van der Waals surface area contributed by atoms with E-state index in [1.165, 1.54) is 11.1 Å². The molecule has 0 saturated heterocycles. The molecule has 0 aliphatic rings. The predicted molar refractivity (Wildman–Crippen MR) is 165 cm³/mol. The lowest BCUT2D eigenvalue weighted by Crippen LogP contribution is -2.11. The third-order valence-corrected chi connectivity index (χ3v) is 6.52. The number of ether oxygens (including phenoxy) is 5. The van der Waals surface area contributed by atoms with Crippen LogP contribution in [0.2, 0.25) is 0 Å². The summed E-state index contributed by atoms with van der Waals surface area (Å²) in [6.07, 6.45) is 2.03. The van der Waals surface area contributed by atoms with E-state index in [0.717, 1.165) is 24.3 Å². The summed E-state index contributed by atoms with van der Waals surface area (Å²) in [4.78, 5) is 0. The van der Waals surface area contributed by atoms with Crippen LogP contribution in [0.1, 0.15) is 71.9 Å². The van der Waals surface area contributed by atoms with Gasteiger partial charge in [-0.05, 0) is 46.2 Å². The summed E-state index contributed by atoms with van der Waals surface area (Å²) in [6, 6.07) is 22.1. The molecular weight excluding hydrogens is 516 g/mol. The molecule has 0 fully saturated rings. The summed E-state index contributed by atoms with van der Waals surface area (Å²) in [6.45, 7) is 15.8. The Kier molecular flexibility index (Phi) is 12.2. The molecule has 3 aromatic carbocycles. The number of aliphatic hydroxyl groups is 1. The standard InChI is InChI=1S/C35H48O6/c1-34(2,3)27-10-14-29(15-11-27)37-20-8-22-40-32-24-31(39-19-7-18-36)25-33(26-32)41-23-9-21-38-30-16-12-28(13-17-30)35(4,5)6/h10-17,24-26,36H,7-9,18-23H2,1-6H3. The van der Waals surface area contributed by atoms with Crippen LogP contribution in [0.25, 0.3) is 0 Å². The van der Waals surface area contributed by atoms with Crippen LogP contribution >= 0.6 is 0 Å².